The van der Waals surface area contributed by atoms with Gasteiger partial charge < -0.3 is 15.2 Å². The zero-order valence-corrected chi connectivity index (χ0v) is 16.3. The Kier molecular flexibility index (Phi) is 4.27. The van der Waals surface area contributed by atoms with Crippen molar-refractivity contribution >= 4 is 38.8 Å². The van der Waals surface area contributed by atoms with Crippen molar-refractivity contribution in [2.45, 2.75) is 13.8 Å². The quantitative estimate of drug-likeness (QED) is 0.544. The maximum absolute atomic E-state index is 12.0. The molecule has 3 heterocycles. The van der Waals surface area contributed by atoms with Crippen molar-refractivity contribution in [1.82, 2.24) is 14.9 Å². The maximum Gasteiger partial charge on any atom is 0.337 e. The van der Waals surface area contributed by atoms with E-state index in [4.69, 9.17) is 4.74 Å². The van der Waals surface area contributed by atoms with Crippen molar-refractivity contribution in [3.05, 3.63) is 58.2 Å². The zero-order valence-electron chi connectivity index (χ0n) is 15.4. The zero-order chi connectivity index (χ0) is 20.0. The van der Waals surface area contributed by atoms with Crippen LogP contribution >= 0.6 is 11.3 Å². The molecular weight excluding hydrogens is 378 g/mol. The number of aromatic nitrogens is 2. The average molecular weight is 395 g/mol. The number of nitrogens with one attached hydrogen (secondary N) is 1. The second-order valence-corrected chi connectivity index (χ2v) is 7.41. The van der Waals surface area contributed by atoms with Gasteiger partial charge in [0.1, 0.15) is 11.3 Å². The van der Waals surface area contributed by atoms with Crippen LogP contribution in [0, 0.1) is 13.8 Å². The van der Waals surface area contributed by atoms with E-state index in [9.17, 15) is 14.7 Å². The first-order valence-electron chi connectivity index (χ1n) is 8.54. The molecule has 142 valence electrons. The van der Waals surface area contributed by atoms with Crippen molar-refractivity contribution in [2.24, 2.45) is 0 Å². The first-order chi connectivity index (χ1) is 13.4. The first-order valence-corrected chi connectivity index (χ1v) is 9.35. The molecule has 7 nitrogen and oxygen atoms in total. The molecule has 8 heteroatoms. The lowest BCUT2D eigenvalue weighted by atomic mass is 10.1. The number of benzene rings is 1. The largest absolute Gasteiger partial charge is 0.478 e. The van der Waals surface area contributed by atoms with Gasteiger partial charge in [0.2, 0.25) is 0 Å². The van der Waals surface area contributed by atoms with Gasteiger partial charge in [0.05, 0.1) is 16.6 Å². The summed E-state index contributed by atoms with van der Waals surface area (Å²) >= 11 is 1.41. The van der Waals surface area contributed by atoms with Gasteiger partial charge in [-0.05, 0) is 48.6 Å². The van der Waals surface area contributed by atoms with Gasteiger partial charge in [0, 0.05) is 24.0 Å². The molecule has 0 saturated carbocycles. The number of carbonyl (C=O) groups excluding carboxylic acids is 1. The third-order valence-electron chi connectivity index (χ3n) is 4.69. The van der Waals surface area contributed by atoms with E-state index in [0.717, 1.165) is 15.6 Å². The second kappa shape index (κ2) is 6.65. The molecule has 4 rings (SSSR count). The Morgan fingerprint density at radius 3 is 2.71 bits per heavy atom. The highest BCUT2D eigenvalue weighted by molar-refractivity contribution is 7.21. The molecule has 0 bridgehead atoms. The predicted octanol–water partition coefficient (Wildman–Crippen LogP) is 4.02. The number of aromatic carboxylic acids is 1. The van der Waals surface area contributed by atoms with Gasteiger partial charge in [0.15, 0.2) is 5.75 Å². The Morgan fingerprint density at radius 1 is 1.21 bits per heavy atom. The van der Waals surface area contributed by atoms with Gasteiger partial charge in [-0.25, -0.2) is 9.31 Å². The SMILES string of the molecule is CNC(=O)c1sc2cc(Oc3ccnn4cc(C(=O)O)c(C)c34)ccc2c1C. The van der Waals surface area contributed by atoms with Gasteiger partial charge in [-0.1, -0.05) is 0 Å². The Hall–Kier alpha value is -3.39. The van der Waals surface area contributed by atoms with E-state index in [1.165, 1.54) is 22.0 Å². The summed E-state index contributed by atoms with van der Waals surface area (Å²) in [4.78, 5) is 24.1. The van der Waals surface area contributed by atoms with E-state index in [0.29, 0.717) is 27.5 Å². The number of carboxylic acids is 1. The molecule has 0 aliphatic carbocycles. The average Bonchev–Trinajstić information content (AvgIpc) is 3.19. The molecule has 0 unspecified atom stereocenters. The number of aryl methyl sites for hydroxylation is 2. The van der Waals surface area contributed by atoms with Crippen LogP contribution in [0.25, 0.3) is 15.6 Å². The number of nitrogens with zero attached hydrogens (tertiary/aromatic N) is 2. The molecule has 0 radical (unpaired) electrons. The summed E-state index contributed by atoms with van der Waals surface area (Å²) in [5, 5.41) is 17.2. The molecule has 4 aromatic rings. The van der Waals surface area contributed by atoms with E-state index in [1.807, 2.05) is 25.1 Å². The van der Waals surface area contributed by atoms with Crippen LogP contribution in [0.1, 0.15) is 31.2 Å². The first kappa shape index (κ1) is 18.0. The lowest BCUT2D eigenvalue weighted by Gasteiger charge is -2.08. The predicted molar refractivity (Wildman–Crippen MR) is 107 cm³/mol. The third-order valence-corrected chi connectivity index (χ3v) is 5.94. The van der Waals surface area contributed by atoms with Crippen LogP contribution in [0.4, 0.5) is 0 Å². The van der Waals surface area contributed by atoms with Crippen molar-refractivity contribution in [2.75, 3.05) is 7.05 Å². The molecule has 28 heavy (non-hydrogen) atoms. The fourth-order valence-electron chi connectivity index (χ4n) is 3.25. The molecule has 0 atom stereocenters. The number of hydrogen-bond donors (Lipinski definition) is 2. The summed E-state index contributed by atoms with van der Waals surface area (Å²) in [5.41, 5.74) is 2.31. The minimum Gasteiger partial charge on any atom is -0.478 e. The molecule has 1 amide bonds. The molecular formula is C20H17N3O4S. The lowest BCUT2D eigenvalue weighted by molar-refractivity contribution is 0.0696. The van der Waals surface area contributed by atoms with E-state index < -0.39 is 5.97 Å². The van der Waals surface area contributed by atoms with Crippen molar-refractivity contribution < 1.29 is 19.4 Å². The molecule has 3 aromatic heterocycles. The number of thiophene rings is 1. The molecule has 0 aliphatic rings. The van der Waals surface area contributed by atoms with Crippen LogP contribution in [0.15, 0.2) is 36.7 Å². The Morgan fingerprint density at radius 2 is 2.00 bits per heavy atom. The highest BCUT2D eigenvalue weighted by Crippen LogP contribution is 2.36. The summed E-state index contributed by atoms with van der Waals surface area (Å²) in [6.45, 7) is 3.66. The highest BCUT2D eigenvalue weighted by Gasteiger charge is 2.18. The fourth-order valence-corrected chi connectivity index (χ4v) is 4.43. The molecule has 0 spiro atoms. The van der Waals surface area contributed by atoms with E-state index in [-0.39, 0.29) is 11.5 Å². The standard InChI is InChI=1S/C20H17N3O4S/c1-10-14(20(25)26)9-23-17(10)15(6-7-22-23)27-12-4-5-13-11(2)18(19(24)21-3)28-16(13)8-12/h4-9H,1-3H3,(H,21,24)(H,25,26). The minimum absolute atomic E-state index is 0.109. The number of rotatable bonds is 4. The summed E-state index contributed by atoms with van der Waals surface area (Å²) in [6, 6.07) is 7.35. The maximum atomic E-state index is 12.0. The third kappa shape index (κ3) is 2.78. The van der Waals surface area contributed by atoms with Crippen LogP contribution in [0.5, 0.6) is 11.5 Å². The van der Waals surface area contributed by atoms with Crippen LogP contribution in [-0.2, 0) is 0 Å². The minimum atomic E-state index is -1.01. The number of amides is 1. The van der Waals surface area contributed by atoms with Crippen molar-refractivity contribution in [3.63, 3.8) is 0 Å². The molecule has 0 fully saturated rings. The summed E-state index contributed by atoms with van der Waals surface area (Å²) < 4.78 is 8.51. The monoisotopic (exact) mass is 395 g/mol. The number of hydrogen-bond acceptors (Lipinski definition) is 5. The van der Waals surface area contributed by atoms with Crippen LogP contribution in [-0.4, -0.2) is 33.6 Å². The van der Waals surface area contributed by atoms with Gasteiger partial charge >= 0.3 is 5.97 Å². The summed E-state index contributed by atoms with van der Waals surface area (Å²) in [5.74, 6) is -0.00452. The van der Waals surface area contributed by atoms with Crippen molar-refractivity contribution in [3.8, 4) is 11.5 Å². The molecule has 0 saturated heterocycles. The van der Waals surface area contributed by atoms with E-state index >= 15 is 0 Å². The fraction of sp³-hybridized carbons (Fsp3) is 0.150. The Bertz CT molecular complexity index is 1260. The topological polar surface area (TPSA) is 92.9 Å². The normalized spacial score (nSPS) is 11.1. The van der Waals surface area contributed by atoms with Crippen LogP contribution < -0.4 is 10.1 Å². The molecule has 2 N–H and O–H groups in total. The van der Waals surface area contributed by atoms with Crippen molar-refractivity contribution in [1.29, 1.82) is 0 Å². The summed E-state index contributed by atoms with van der Waals surface area (Å²) in [6.07, 6.45) is 3.03. The van der Waals surface area contributed by atoms with Crippen LogP contribution in [0.2, 0.25) is 0 Å². The summed E-state index contributed by atoms with van der Waals surface area (Å²) in [7, 11) is 1.61. The van der Waals surface area contributed by atoms with E-state index in [1.54, 1.807) is 26.2 Å². The number of ether oxygens (including phenoxy) is 1. The van der Waals surface area contributed by atoms with Gasteiger partial charge in [-0.2, -0.15) is 5.10 Å². The van der Waals surface area contributed by atoms with Gasteiger partial charge in [-0.15, -0.1) is 11.3 Å². The number of carbonyl (C=O) groups is 2. The lowest BCUT2D eigenvalue weighted by Crippen LogP contribution is -2.17. The number of fused-ring (bicyclic) bond motifs is 2. The van der Waals surface area contributed by atoms with E-state index in [2.05, 4.69) is 10.4 Å². The molecule has 0 aliphatic heterocycles. The smallest absolute Gasteiger partial charge is 0.337 e. The number of carboxylic acid groups (broad SMARTS) is 1. The van der Waals surface area contributed by atoms with Crippen LogP contribution in [0.3, 0.4) is 0 Å². The highest BCUT2D eigenvalue weighted by atomic mass is 32.1. The second-order valence-electron chi connectivity index (χ2n) is 6.36. The van der Waals surface area contributed by atoms with Gasteiger partial charge in [-0.3, -0.25) is 4.79 Å². The molecule has 1 aromatic carbocycles. The Labute approximate surface area is 164 Å². The van der Waals surface area contributed by atoms with Gasteiger partial charge in [0.25, 0.3) is 5.91 Å². The Balaban J connectivity index is 1.78.